The summed E-state index contributed by atoms with van der Waals surface area (Å²) in [5.41, 5.74) is 7.09. The van der Waals surface area contributed by atoms with Crippen molar-refractivity contribution in [2.75, 3.05) is 0 Å². The van der Waals surface area contributed by atoms with Crippen molar-refractivity contribution in [3.63, 3.8) is 0 Å². The van der Waals surface area contributed by atoms with Gasteiger partial charge in [0.2, 0.25) is 0 Å². The molecule has 19 heavy (non-hydrogen) atoms. The first kappa shape index (κ1) is 13.4. The van der Waals surface area contributed by atoms with E-state index in [4.69, 9.17) is 0 Å². The summed E-state index contributed by atoms with van der Waals surface area (Å²) in [5.74, 6) is 0. The van der Waals surface area contributed by atoms with Gasteiger partial charge < -0.3 is 0 Å². The second kappa shape index (κ2) is 5.41. The van der Waals surface area contributed by atoms with Crippen molar-refractivity contribution < 1.29 is 0 Å². The predicted octanol–water partition coefficient (Wildman–Crippen LogP) is 5.73. The van der Waals surface area contributed by atoms with Crippen molar-refractivity contribution in [3.8, 4) is 0 Å². The van der Waals surface area contributed by atoms with Gasteiger partial charge in [0.05, 0.1) is 4.83 Å². The summed E-state index contributed by atoms with van der Waals surface area (Å²) in [6.07, 6.45) is 3.79. The Bertz CT molecular complexity index is 617. The van der Waals surface area contributed by atoms with Crippen LogP contribution in [0.3, 0.4) is 0 Å². The van der Waals surface area contributed by atoms with E-state index in [-0.39, 0.29) is 4.83 Å². The van der Waals surface area contributed by atoms with Crippen LogP contribution in [0.2, 0.25) is 0 Å². The molecule has 0 spiro atoms. The van der Waals surface area contributed by atoms with Gasteiger partial charge in [0, 0.05) is 4.47 Å². The summed E-state index contributed by atoms with van der Waals surface area (Å²) in [4.78, 5) is 0.274. The van der Waals surface area contributed by atoms with Crippen LogP contribution in [0.5, 0.6) is 0 Å². The molecule has 0 fully saturated rings. The third-order valence-corrected chi connectivity index (χ3v) is 5.88. The number of benzene rings is 2. The van der Waals surface area contributed by atoms with E-state index in [1.54, 1.807) is 0 Å². The number of hydrogen-bond acceptors (Lipinski definition) is 0. The zero-order valence-corrected chi connectivity index (χ0v) is 14.1. The Balaban J connectivity index is 2.00. The number of aryl methyl sites for hydroxylation is 2. The van der Waals surface area contributed by atoms with E-state index in [2.05, 4.69) is 75.2 Å². The van der Waals surface area contributed by atoms with E-state index in [0.29, 0.717) is 0 Å². The summed E-state index contributed by atoms with van der Waals surface area (Å²) in [5, 5.41) is 0. The molecule has 2 aromatic rings. The highest BCUT2D eigenvalue weighted by atomic mass is 79.9. The van der Waals surface area contributed by atoms with Crippen molar-refractivity contribution in [1.82, 2.24) is 0 Å². The molecule has 2 aromatic carbocycles. The smallest absolute Gasteiger partial charge is 0.0647 e. The molecule has 0 aromatic heterocycles. The molecule has 1 unspecified atom stereocenters. The summed E-state index contributed by atoms with van der Waals surface area (Å²) in [7, 11) is 0. The topological polar surface area (TPSA) is 0 Å². The Labute approximate surface area is 131 Å². The molecule has 1 atom stereocenters. The molecule has 0 radical (unpaired) electrons. The minimum absolute atomic E-state index is 0.274. The van der Waals surface area contributed by atoms with Gasteiger partial charge in [-0.15, -0.1) is 0 Å². The van der Waals surface area contributed by atoms with Crippen LogP contribution in [0.25, 0.3) is 0 Å². The first-order chi connectivity index (χ1) is 9.16. The molecule has 0 heterocycles. The Morgan fingerprint density at radius 1 is 1.05 bits per heavy atom. The lowest BCUT2D eigenvalue weighted by Crippen LogP contribution is -1.97. The molecule has 0 aliphatic heterocycles. The maximum absolute atomic E-state index is 3.87. The number of fused-ring (bicyclic) bond motifs is 1. The molecule has 1 aliphatic carbocycles. The van der Waals surface area contributed by atoms with Crippen LogP contribution in [0, 0.1) is 6.92 Å². The average Bonchev–Trinajstić information content (AvgIpc) is 2.88. The summed E-state index contributed by atoms with van der Waals surface area (Å²) >= 11 is 7.48. The van der Waals surface area contributed by atoms with Crippen LogP contribution in [-0.2, 0) is 12.8 Å². The highest BCUT2D eigenvalue weighted by molar-refractivity contribution is 9.10. The van der Waals surface area contributed by atoms with Gasteiger partial charge >= 0.3 is 0 Å². The van der Waals surface area contributed by atoms with Gasteiger partial charge in [0.15, 0.2) is 0 Å². The van der Waals surface area contributed by atoms with Crippen LogP contribution in [0.1, 0.15) is 39.1 Å². The second-order valence-corrected chi connectivity index (χ2v) is 6.97. The molecule has 0 saturated carbocycles. The SMILES string of the molecule is Cc1c(Br)cccc1C(Br)c1ccc2c(c1)CCC2. The van der Waals surface area contributed by atoms with E-state index in [0.717, 1.165) is 0 Å². The van der Waals surface area contributed by atoms with Crippen molar-refractivity contribution in [1.29, 1.82) is 0 Å². The molecule has 0 nitrogen and oxygen atoms in total. The summed E-state index contributed by atoms with van der Waals surface area (Å²) in [6.45, 7) is 2.17. The maximum Gasteiger partial charge on any atom is 0.0647 e. The largest absolute Gasteiger partial charge is 0.0786 e. The van der Waals surface area contributed by atoms with Crippen molar-refractivity contribution >= 4 is 31.9 Å². The zero-order valence-electron chi connectivity index (χ0n) is 10.9. The van der Waals surface area contributed by atoms with E-state index in [9.17, 15) is 0 Å². The molecule has 98 valence electrons. The molecule has 1 aliphatic rings. The van der Waals surface area contributed by atoms with Crippen LogP contribution < -0.4 is 0 Å². The monoisotopic (exact) mass is 378 g/mol. The predicted molar refractivity (Wildman–Crippen MR) is 88.1 cm³/mol. The van der Waals surface area contributed by atoms with Crippen LogP contribution in [-0.4, -0.2) is 0 Å². The fourth-order valence-corrected chi connectivity index (χ4v) is 3.99. The molecule has 0 N–H and O–H groups in total. The van der Waals surface area contributed by atoms with E-state index in [1.165, 1.54) is 51.6 Å². The summed E-state index contributed by atoms with van der Waals surface area (Å²) < 4.78 is 1.18. The van der Waals surface area contributed by atoms with Gasteiger partial charge in [-0.1, -0.05) is 62.2 Å². The standard InChI is InChI=1S/C17H16Br2/c1-11-15(6-3-7-16(11)18)17(19)14-9-8-12-4-2-5-13(12)10-14/h3,6-10,17H,2,4-5H2,1H3. The zero-order chi connectivity index (χ0) is 13.4. The molecule has 0 saturated heterocycles. The third-order valence-electron chi connectivity index (χ3n) is 4.00. The lowest BCUT2D eigenvalue weighted by atomic mass is 9.98. The van der Waals surface area contributed by atoms with Gasteiger partial charge in [-0.25, -0.2) is 0 Å². The molecule has 0 amide bonds. The molecule has 0 bridgehead atoms. The van der Waals surface area contributed by atoms with Crippen LogP contribution in [0.15, 0.2) is 40.9 Å². The minimum Gasteiger partial charge on any atom is -0.0786 e. The van der Waals surface area contributed by atoms with Crippen molar-refractivity contribution in [2.24, 2.45) is 0 Å². The van der Waals surface area contributed by atoms with E-state index < -0.39 is 0 Å². The third kappa shape index (κ3) is 2.53. The highest BCUT2D eigenvalue weighted by Gasteiger charge is 2.17. The lowest BCUT2D eigenvalue weighted by molar-refractivity contribution is 0.911. The normalized spacial score (nSPS) is 15.3. The average molecular weight is 380 g/mol. The molecule has 2 heteroatoms. The van der Waals surface area contributed by atoms with E-state index >= 15 is 0 Å². The first-order valence-electron chi connectivity index (χ1n) is 6.67. The van der Waals surface area contributed by atoms with Gasteiger partial charge in [-0.2, -0.15) is 0 Å². The fourth-order valence-electron chi connectivity index (χ4n) is 2.83. The fraction of sp³-hybridized carbons (Fsp3) is 0.294. The molecular weight excluding hydrogens is 364 g/mol. The van der Waals surface area contributed by atoms with Crippen molar-refractivity contribution in [2.45, 2.75) is 31.0 Å². The minimum atomic E-state index is 0.274. The Hall–Kier alpha value is -0.600. The van der Waals surface area contributed by atoms with Gasteiger partial charge in [-0.05, 0) is 60.1 Å². The van der Waals surface area contributed by atoms with Crippen LogP contribution >= 0.6 is 31.9 Å². The number of rotatable bonds is 2. The first-order valence-corrected chi connectivity index (χ1v) is 8.38. The lowest BCUT2D eigenvalue weighted by Gasteiger charge is -2.16. The molecule has 3 rings (SSSR count). The number of hydrogen-bond donors (Lipinski definition) is 0. The van der Waals surface area contributed by atoms with E-state index in [1.807, 2.05) is 0 Å². The van der Waals surface area contributed by atoms with Gasteiger partial charge in [0.1, 0.15) is 0 Å². The number of alkyl halides is 1. The second-order valence-electron chi connectivity index (χ2n) is 5.20. The maximum atomic E-state index is 3.87. The van der Waals surface area contributed by atoms with Gasteiger partial charge in [0.25, 0.3) is 0 Å². The Morgan fingerprint density at radius 3 is 2.68 bits per heavy atom. The Morgan fingerprint density at radius 2 is 1.84 bits per heavy atom. The van der Waals surface area contributed by atoms with Gasteiger partial charge in [-0.3, -0.25) is 0 Å². The van der Waals surface area contributed by atoms with Crippen LogP contribution in [0.4, 0.5) is 0 Å². The molecular formula is C17H16Br2. The Kier molecular flexibility index (Phi) is 3.81. The quantitative estimate of drug-likeness (QED) is 0.584. The van der Waals surface area contributed by atoms with Crippen molar-refractivity contribution in [3.05, 3.63) is 68.7 Å². The highest BCUT2D eigenvalue weighted by Crippen LogP contribution is 2.36. The summed E-state index contributed by atoms with van der Waals surface area (Å²) in [6, 6.07) is 13.4. The number of halogens is 2.